The second kappa shape index (κ2) is 7.78. The van der Waals surface area contributed by atoms with E-state index in [0.29, 0.717) is 19.6 Å². The Hall–Kier alpha value is -1.34. The van der Waals surface area contributed by atoms with Gasteiger partial charge in [-0.15, -0.1) is 0 Å². The summed E-state index contributed by atoms with van der Waals surface area (Å²) in [5.41, 5.74) is 0.754. The lowest BCUT2D eigenvalue weighted by molar-refractivity contribution is -0.121. The molecule has 0 saturated heterocycles. The zero-order valence-electron chi connectivity index (χ0n) is 13.3. The molecule has 0 saturated carbocycles. The molecular weight excluding hydrogens is 302 g/mol. The van der Waals surface area contributed by atoms with Crippen molar-refractivity contribution >= 4 is 17.7 Å². The fraction of sp³-hybridized carbons (Fsp3) is 0.667. The van der Waals surface area contributed by atoms with Gasteiger partial charge in [0.1, 0.15) is 0 Å². The lowest BCUT2D eigenvalue weighted by atomic mass is 10.1. The summed E-state index contributed by atoms with van der Waals surface area (Å²) in [4.78, 5) is 28.8. The van der Waals surface area contributed by atoms with Crippen molar-refractivity contribution in [3.63, 3.8) is 0 Å². The van der Waals surface area contributed by atoms with E-state index in [4.69, 9.17) is 4.74 Å². The van der Waals surface area contributed by atoms with E-state index in [1.165, 1.54) is 0 Å². The van der Waals surface area contributed by atoms with Crippen LogP contribution in [0.25, 0.3) is 0 Å². The number of rotatable bonds is 7. The molecule has 2 heterocycles. The lowest BCUT2D eigenvalue weighted by Gasteiger charge is -2.14. The first-order chi connectivity index (χ1) is 10.5. The molecule has 1 unspecified atom stereocenters. The van der Waals surface area contributed by atoms with Gasteiger partial charge in [-0.25, -0.2) is 4.98 Å². The van der Waals surface area contributed by atoms with Crippen molar-refractivity contribution in [1.82, 2.24) is 14.9 Å². The Kier molecular flexibility index (Phi) is 6.02. The number of carbonyl (C=O) groups excluding carboxylic acids is 1. The first kappa shape index (κ1) is 17.0. The second-order valence-electron chi connectivity index (χ2n) is 5.69. The van der Waals surface area contributed by atoms with E-state index >= 15 is 0 Å². The average Bonchev–Trinajstić information content (AvgIpc) is 2.87. The van der Waals surface area contributed by atoms with Gasteiger partial charge in [-0.1, -0.05) is 25.6 Å². The predicted octanol–water partition coefficient (Wildman–Crippen LogP) is 1.56. The number of nitrogens with one attached hydrogen (secondary N) is 1. The minimum absolute atomic E-state index is 0.0330. The van der Waals surface area contributed by atoms with Crippen LogP contribution in [0.1, 0.15) is 44.3 Å². The maximum absolute atomic E-state index is 12.3. The number of fused-ring (bicyclic) bond motifs is 1. The van der Waals surface area contributed by atoms with Gasteiger partial charge in [0.15, 0.2) is 5.16 Å². The Bertz CT molecular complexity index is 586. The maximum atomic E-state index is 12.3. The molecule has 2 rings (SSSR count). The SMILES string of the molecule is COCCCNC(=O)CC1CSc2nc(C(C)C)cc(=O)n21. The molecule has 0 fully saturated rings. The third kappa shape index (κ3) is 4.10. The molecule has 6 nitrogen and oxygen atoms in total. The zero-order chi connectivity index (χ0) is 16.1. The number of carbonyl (C=O) groups is 1. The molecule has 0 aliphatic carbocycles. The van der Waals surface area contributed by atoms with Crippen molar-refractivity contribution < 1.29 is 9.53 Å². The van der Waals surface area contributed by atoms with Gasteiger partial charge in [-0.05, 0) is 12.3 Å². The minimum atomic E-state index is -0.108. The molecule has 1 aliphatic heterocycles. The number of hydrogen-bond acceptors (Lipinski definition) is 5. The highest BCUT2D eigenvalue weighted by molar-refractivity contribution is 7.99. The van der Waals surface area contributed by atoms with Gasteiger partial charge in [0.25, 0.3) is 5.56 Å². The highest BCUT2D eigenvalue weighted by Crippen LogP contribution is 2.32. The normalized spacial score (nSPS) is 16.8. The summed E-state index contributed by atoms with van der Waals surface area (Å²) in [5.74, 6) is 0.909. The molecule has 1 aliphatic rings. The topological polar surface area (TPSA) is 73.2 Å². The Morgan fingerprint density at radius 2 is 2.36 bits per heavy atom. The van der Waals surface area contributed by atoms with Crippen molar-refractivity contribution in [1.29, 1.82) is 0 Å². The van der Waals surface area contributed by atoms with Gasteiger partial charge < -0.3 is 10.1 Å². The molecule has 1 aromatic heterocycles. The molecule has 1 aromatic rings. The number of ether oxygens (including phenoxy) is 1. The predicted molar refractivity (Wildman–Crippen MR) is 86.5 cm³/mol. The van der Waals surface area contributed by atoms with Gasteiger partial charge in [-0.3, -0.25) is 14.2 Å². The molecule has 22 heavy (non-hydrogen) atoms. The quantitative estimate of drug-likeness (QED) is 0.608. The lowest BCUT2D eigenvalue weighted by Crippen LogP contribution is -2.31. The standard InChI is InChI=1S/C15H23N3O3S/c1-10(2)12-8-14(20)18-11(9-22-15(18)17-12)7-13(19)16-5-4-6-21-3/h8,10-11H,4-7,9H2,1-3H3,(H,16,19). The number of methoxy groups -OCH3 is 1. The number of nitrogens with zero attached hydrogens (tertiary/aromatic N) is 2. The first-order valence-corrected chi connectivity index (χ1v) is 8.53. The van der Waals surface area contributed by atoms with E-state index < -0.39 is 0 Å². The summed E-state index contributed by atoms with van der Waals surface area (Å²) in [7, 11) is 1.64. The summed E-state index contributed by atoms with van der Waals surface area (Å²) in [6, 6.07) is 1.48. The van der Waals surface area contributed by atoms with E-state index in [1.54, 1.807) is 29.5 Å². The van der Waals surface area contributed by atoms with Crippen LogP contribution in [0.5, 0.6) is 0 Å². The summed E-state index contributed by atoms with van der Waals surface area (Å²) < 4.78 is 6.60. The first-order valence-electron chi connectivity index (χ1n) is 7.54. The number of hydrogen-bond donors (Lipinski definition) is 1. The molecule has 1 atom stereocenters. The molecule has 1 amide bonds. The van der Waals surface area contributed by atoms with E-state index in [2.05, 4.69) is 10.3 Å². The van der Waals surface area contributed by atoms with Crippen molar-refractivity contribution in [3.8, 4) is 0 Å². The second-order valence-corrected chi connectivity index (χ2v) is 6.68. The average molecular weight is 325 g/mol. The Balaban J connectivity index is 2.00. The maximum Gasteiger partial charge on any atom is 0.254 e. The van der Waals surface area contributed by atoms with Crippen molar-refractivity contribution in [2.24, 2.45) is 0 Å². The molecule has 0 radical (unpaired) electrons. The Morgan fingerprint density at radius 1 is 1.59 bits per heavy atom. The van der Waals surface area contributed by atoms with Crippen molar-refractivity contribution in [2.45, 2.75) is 43.8 Å². The van der Waals surface area contributed by atoms with Gasteiger partial charge in [0.2, 0.25) is 5.91 Å². The zero-order valence-corrected chi connectivity index (χ0v) is 14.1. The molecule has 122 valence electrons. The van der Waals surface area contributed by atoms with E-state index in [0.717, 1.165) is 23.0 Å². The van der Waals surface area contributed by atoms with Crippen LogP contribution in [-0.2, 0) is 9.53 Å². The van der Waals surface area contributed by atoms with Crippen LogP contribution in [0.4, 0.5) is 0 Å². The van der Waals surface area contributed by atoms with E-state index in [-0.39, 0.29) is 23.4 Å². The monoisotopic (exact) mass is 325 g/mol. The molecular formula is C15H23N3O3S. The molecule has 0 aromatic carbocycles. The highest BCUT2D eigenvalue weighted by atomic mass is 32.2. The largest absolute Gasteiger partial charge is 0.385 e. The number of thioether (sulfide) groups is 1. The van der Waals surface area contributed by atoms with Crippen LogP contribution < -0.4 is 10.9 Å². The summed E-state index contributed by atoms with van der Waals surface area (Å²) in [6.45, 7) is 5.26. The number of amides is 1. The van der Waals surface area contributed by atoms with Gasteiger partial charge in [0, 0.05) is 38.5 Å². The van der Waals surface area contributed by atoms with E-state index in [9.17, 15) is 9.59 Å². The highest BCUT2D eigenvalue weighted by Gasteiger charge is 2.27. The van der Waals surface area contributed by atoms with Gasteiger partial charge in [-0.2, -0.15) is 0 Å². The van der Waals surface area contributed by atoms with Gasteiger partial charge in [0.05, 0.1) is 11.7 Å². The van der Waals surface area contributed by atoms with Crippen LogP contribution in [0.15, 0.2) is 16.0 Å². The Labute approximate surface area is 134 Å². The van der Waals surface area contributed by atoms with Crippen LogP contribution in [0, 0.1) is 0 Å². The van der Waals surface area contributed by atoms with Crippen molar-refractivity contribution in [2.75, 3.05) is 26.0 Å². The Morgan fingerprint density at radius 3 is 3.05 bits per heavy atom. The molecule has 7 heteroatoms. The van der Waals surface area contributed by atoms with Crippen LogP contribution in [0.3, 0.4) is 0 Å². The van der Waals surface area contributed by atoms with Crippen LogP contribution in [-0.4, -0.2) is 41.5 Å². The third-order valence-corrected chi connectivity index (χ3v) is 4.67. The molecule has 1 N–H and O–H groups in total. The van der Waals surface area contributed by atoms with Gasteiger partial charge >= 0.3 is 0 Å². The fourth-order valence-electron chi connectivity index (χ4n) is 2.35. The molecule has 0 bridgehead atoms. The third-order valence-electron chi connectivity index (χ3n) is 3.57. The fourth-order valence-corrected chi connectivity index (χ4v) is 3.50. The molecule has 0 spiro atoms. The van der Waals surface area contributed by atoms with Crippen LogP contribution >= 0.6 is 11.8 Å². The summed E-state index contributed by atoms with van der Waals surface area (Å²) in [5, 5.41) is 3.59. The summed E-state index contributed by atoms with van der Waals surface area (Å²) >= 11 is 1.55. The van der Waals surface area contributed by atoms with Crippen LogP contribution in [0.2, 0.25) is 0 Å². The smallest absolute Gasteiger partial charge is 0.254 e. The van der Waals surface area contributed by atoms with Crippen molar-refractivity contribution in [3.05, 3.63) is 22.1 Å². The minimum Gasteiger partial charge on any atom is -0.385 e. The summed E-state index contributed by atoms with van der Waals surface area (Å²) in [6.07, 6.45) is 1.10. The number of aromatic nitrogens is 2. The van der Waals surface area contributed by atoms with E-state index in [1.807, 2.05) is 13.8 Å².